The van der Waals surface area contributed by atoms with Gasteiger partial charge >= 0.3 is 5.97 Å². The second-order valence-corrected chi connectivity index (χ2v) is 8.46. The predicted octanol–water partition coefficient (Wildman–Crippen LogP) is 4.74. The smallest absolute Gasteiger partial charge is 0.305 e. The van der Waals surface area contributed by atoms with Crippen molar-refractivity contribution in [2.24, 2.45) is 17.8 Å². The van der Waals surface area contributed by atoms with Gasteiger partial charge in [0.05, 0.1) is 19.3 Å². The third-order valence-corrected chi connectivity index (χ3v) is 5.78. The third-order valence-electron chi connectivity index (χ3n) is 5.78. The minimum atomic E-state index is -1.00. The van der Waals surface area contributed by atoms with Crippen molar-refractivity contribution in [3.63, 3.8) is 0 Å². The van der Waals surface area contributed by atoms with Crippen LogP contribution in [0.25, 0.3) is 0 Å². The molecule has 1 aliphatic carbocycles. The Morgan fingerprint density at radius 1 is 1.25 bits per heavy atom. The number of alkyl halides is 1. The number of halogens is 1. The lowest BCUT2D eigenvalue weighted by atomic mass is 9.87. The molecular weight excluding hydrogens is 359 g/mol. The largest absolute Gasteiger partial charge is 0.469 e. The summed E-state index contributed by atoms with van der Waals surface area (Å²) >= 11 is 0. The van der Waals surface area contributed by atoms with Crippen LogP contribution in [0.4, 0.5) is 4.39 Å². The average Bonchev–Trinajstić information content (AvgIpc) is 2.92. The van der Waals surface area contributed by atoms with Crippen LogP contribution in [0.15, 0.2) is 23.8 Å². The van der Waals surface area contributed by atoms with Gasteiger partial charge in [0.2, 0.25) is 0 Å². The molecular formula is C23H39FO4. The van der Waals surface area contributed by atoms with Crippen LogP contribution in [-0.4, -0.2) is 41.7 Å². The molecule has 1 unspecified atom stereocenters. The highest BCUT2D eigenvalue weighted by Crippen LogP contribution is 2.39. The Balaban J connectivity index is 2.47. The number of aliphatic hydroxyl groups excluding tert-OH is 2. The summed E-state index contributed by atoms with van der Waals surface area (Å²) < 4.78 is 19.0. The van der Waals surface area contributed by atoms with Crippen molar-refractivity contribution in [3.8, 4) is 0 Å². The topological polar surface area (TPSA) is 66.8 Å². The van der Waals surface area contributed by atoms with E-state index in [1.54, 1.807) is 6.08 Å². The van der Waals surface area contributed by atoms with Gasteiger partial charge in [0.25, 0.3) is 0 Å². The van der Waals surface area contributed by atoms with Gasteiger partial charge in [-0.15, -0.1) is 0 Å². The Bertz CT molecular complexity index is 513. The molecule has 2 N–H and O–H groups in total. The molecule has 0 amide bonds. The van der Waals surface area contributed by atoms with Crippen molar-refractivity contribution >= 4 is 5.97 Å². The van der Waals surface area contributed by atoms with E-state index >= 15 is 0 Å². The fourth-order valence-corrected chi connectivity index (χ4v) is 3.83. The Morgan fingerprint density at radius 3 is 2.57 bits per heavy atom. The van der Waals surface area contributed by atoms with Gasteiger partial charge in [0.1, 0.15) is 6.17 Å². The first-order valence-corrected chi connectivity index (χ1v) is 10.6. The van der Waals surface area contributed by atoms with Crippen LogP contribution >= 0.6 is 0 Å². The van der Waals surface area contributed by atoms with Crippen LogP contribution in [0.5, 0.6) is 0 Å². The number of methoxy groups -OCH3 is 1. The molecule has 0 aromatic carbocycles. The highest BCUT2D eigenvalue weighted by atomic mass is 19.1. The number of aliphatic hydroxyl groups is 2. The van der Waals surface area contributed by atoms with Gasteiger partial charge in [-0.1, -0.05) is 50.0 Å². The summed E-state index contributed by atoms with van der Waals surface area (Å²) in [6.07, 6.45) is 9.02. The van der Waals surface area contributed by atoms with Gasteiger partial charge < -0.3 is 14.9 Å². The van der Waals surface area contributed by atoms with Gasteiger partial charge in [0, 0.05) is 18.8 Å². The summed E-state index contributed by atoms with van der Waals surface area (Å²) in [5.41, 5.74) is 1.22. The average molecular weight is 399 g/mol. The molecule has 0 aromatic heterocycles. The molecule has 0 aromatic rings. The number of allylic oxidation sites excluding steroid dienone is 2. The number of carbonyl (C=O) groups is 1. The number of hydrogen-bond acceptors (Lipinski definition) is 4. The molecule has 28 heavy (non-hydrogen) atoms. The SMILES string of the molecule is COC(=O)CCCCCC[C@@H]1[C@@H](/C=C/[C@@H](O)C(C)CC=C(C)C)[C@H](O)C[C@H]1F. The maximum absolute atomic E-state index is 14.4. The molecule has 0 radical (unpaired) electrons. The van der Waals surface area contributed by atoms with Gasteiger partial charge in [0.15, 0.2) is 0 Å². The van der Waals surface area contributed by atoms with Crippen LogP contribution < -0.4 is 0 Å². The van der Waals surface area contributed by atoms with E-state index in [-0.39, 0.29) is 30.1 Å². The molecule has 1 aliphatic rings. The molecule has 0 aliphatic heterocycles. The van der Waals surface area contributed by atoms with Gasteiger partial charge in [-0.05, 0) is 44.9 Å². The zero-order valence-corrected chi connectivity index (χ0v) is 17.9. The van der Waals surface area contributed by atoms with Crippen LogP contribution in [0.1, 0.15) is 72.1 Å². The first-order valence-electron chi connectivity index (χ1n) is 10.6. The molecule has 0 saturated heterocycles. The molecule has 1 saturated carbocycles. The lowest BCUT2D eigenvalue weighted by Crippen LogP contribution is -2.21. The molecule has 6 atom stereocenters. The van der Waals surface area contributed by atoms with Crippen molar-refractivity contribution < 1.29 is 24.1 Å². The molecule has 1 rings (SSSR count). The predicted molar refractivity (Wildman–Crippen MR) is 111 cm³/mol. The Morgan fingerprint density at radius 2 is 1.93 bits per heavy atom. The van der Waals surface area contributed by atoms with Crippen LogP contribution in [0, 0.1) is 17.8 Å². The van der Waals surface area contributed by atoms with Crippen LogP contribution in [0.2, 0.25) is 0 Å². The zero-order valence-electron chi connectivity index (χ0n) is 17.9. The summed E-state index contributed by atoms with van der Waals surface area (Å²) in [5, 5.41) is 20.6. The highest BCUT2D eigenvalue weighted by molar-refractivity contribution is 5.68. The summed E-state index contributed by atoms with van der Waals surface area (Å²) in [4.78, 5) is 11.1. The van der Waals surface area contributed by atoms with Gasteiger partial charge in [-0.25, -0.2) is 4.39 Å². The lowest BCUT2D eigenvalue weighted by Gasteiger charge is -2.21. The fraction of sp³-hybridized carbons (Fsp3) is 0.783. The number of ether oxygens (including phenoxy) is 1. The maximum Gasteiger partial charge on any atom is 0.305 e. The van der Waals surface area contributed by atoms with E-state index in [0.717, 1.165) is 38.5 Å². The van der Waals surface area contributed by atoms with Gasteiger partial charge in [-0.3, -0.25) is 4.79 Å². The first kappa shape index (κ1) is 24.8. The monoisotopic (exact) mass is 398 g/mol. The summed E-state index contributed by atoms with van der Waals surface area (Å²) in [6.45, 7) is 6.06. The van der Waals surface area contributed by atoms with E-state index < -0.39 is 18.4 Å². The van der Waals surface area contributed by atoms with Crippen molar-refractivity contribution in [2.45, 2.75) is 90.5 Å². The minimum Gasteiger partial charge on any atom is -0.469 e. The standard InChI is InChI=1S/C23H39FO4/c1-16(2)11-12-17(3)21(25)14-13-19-18(20(24)15-22(19)26)9-7-5-6-8-10-23(27)28-4/h11,13-14,17-22,25-26H,5-10,12,15H2,1-4H3/b14-13+/t17?,18-,19-,20-,21-,22-/m1/s1. The molecule has 0 spiro atoms. The van der Waals surface area contributed by atoms with E-state index in [1.165, 1.54) is 12.7 Å². The number of hydrogen-bond donors (Lipinski definition) is 2. The number of unbranched alkanes of at least 4 members (excludes halogenated alkanes) is 3. The van der Waals surface area contributed by atoms with Crippen molar-refractivity contribution in [1.29, 1.82) is 0 Å². The normalized spacial score (nSPS) is 27.0. The fourth-order valence-electron chi connectivity index (χ4n) is 3.83. The second-order valence-electron chi connectivity index (χ2n) is 8.46. The molecule has 5 heteroatoms. The first-order chi connectivity index (χ1) is 13.3. The second kappa shape index (κ2) is 13.1. The zero-order chi connectivity index (χ0) is 21.1. The summed E-state index contributed by atoms with van der Waals surface area (Å²) in [7, 11) is 1.39. The summed E-state index contributed by atoms with van der Waals surface area (Å²) in [6, 6.07) is 0. The molecule has 0 heterocycles. The van der Waals surface area contributed by atoms with E-state index in [9.17, 15) is 19.4 Å². The number of carbonyl (C=O) groups excluding carboxylic acids is 1. The van der Waals surface area contributed by atoms with E-state index in [0.29, 0.717) is 6.42 Å². The van der Waals surface area contributed by atoms with E-state index in [2.05, 4.69) is 10.8 Å². The van der Waals surface area contributed by atoms with Crippen molar-refractivity contribution in [3.05, 3.63) is 23.8 Å². The molecule has 162 valence electrons. The summed E-state index contributed by atoms with van der Waals surface area (Å²) in [5.74, 6) is -0.549. The minimum absolute atomic E-state index is 0.0825. The Labute approximate surface area is 169 Å². The van der Waals surface area contributed by atoms with E-state index in [4.69, 9.17) is 0 Å². The third kappa shape index (κ3) is 8.87. The molecule has 0 bridgehead atoms. The van der Waals surface area contributed by atoms with Crippen molar-refractivity contribution in [1.82, 2.24) is 0 Å². The van der Waals surface area contributed by atoms with Crippen LogP contribution in [0.3, 0.4) is 0 Å². The highest BCUT2D eigenvalue weighted by Gasteiger charge is 2.40. The molecule has 4 nitrogen and oxygen atoms in total. The lowest BCUT2D eigenvalue weighted by molar-refractivity contribution is -0.140. The van der Waals surface area contributed by atoms with E-state index in [1.807, 2.05) is 26.8 Å². The van der Waals surface area contributed by atoms with Gasteiger partial charge in [-0.2, -0.15) is 0 Å². The Hall–Kier alpha value is -1.20. The Kier molecular flexibility index (Phi) is 11.6. The van der Waals surface area contributed by atoms with Crippen molar-refractivity contribution in [2.75, 3.05) is 7.11 Å². The maximum atomic E-state index is 14.4. The molecule has 1 fully saturated rings. The number of esters is 1. The number of rotatable bonds is 12. The quantitative estimate of drug-likeness (QED) is 0.283. The van der Waals surface area contributed by atoms with Crippen LogP contribution in [-0.2, 0) is 9.53 Å².